The van der Waals surface area contributed by atoms with Gasteiger partial charge in [-0.25, -0.2) is 13.2 Å². The fraction of sp³-hybridized carbons (Fsp3) is 0.417. The Bertz CT molecular complexity index is 542. The summed E-state index contributed by atoms with van der Waals surface area (Å²) in [7, 11) is -3.85. The molecule has 1 aromatic rings. The van der Waals surface area contributed by atoms with E-state index in [1.54, 1.807) is 17.0 Å². The van der Waals surface area contributed by atoms with Crippen LogP contribution in [0.15, 0.2) is 29.2 Å². The molecule has 106 valence electrons. The Balaban J connectivity index is 2.82. The van der Waals surface area contributed by atoms with Gasteiger partial charge in [-0.05, 0) is 23.1 Å². The molecule has 0 amide bonds. The summed E-state index contributed by atoms with van der Waals surface area (Å²) in [5, 5.41) is 8.35. The van der Waals surface area contributed by atoms with E-state index in [1.165, 1.54) is 12.1 Å². The zero-order valence-corrected chi connectivity index (χ0v) is 11.8. The molecule has 0 atom stereocenters. The third-order valence-corrected chi connectivity index (χ3v) is 3.62. The molecule has 0 aromatic heterocycles. The summed E-state index contributed by atoms with van der Waals surface area (Å²) in [5.74, 6) is -1.26. The lowest BCUT2D eigenvalue weighted by atomic mass is 9.87. The van der Waals surface area contributed by atoms with Crippen molar-refractivity contribution in [1.82, 2.24) is 4.89 Å². The highest BCUT2D eigenvalue weighted by atomic mass is 32.2. The molecule has 0 heterocycles. The smallest absolute Gasteiger partial charge is 0.331 e. The Morgan fingerprint density at radius 3 is 2.21 bits per heavy atom. The fourth-order valence-corrected chi connectivity index (χ4v) is 2.16. The standard InChI is InChI=1S/C12H17NO5S/c1-12(2,3)9-4-6-10(7-5-9)19(16,17)13-18-8-11(14)15/h4-7,13H,8H2,1-3H3,(H,14,15). The predicted molar refractivity (Wildman–Crippen MR) is 69.1 cm³/mol. The van der Waals surface area contributed by atoms with Crippen LogP contribution in [-0.4, -0.2) is 26.1 Å². The molecule has 7 heteroatoms. The van der Waals surface area contributed by atoms with Gasteiger partial charge in [0.25, 0.3) is 10.0 Å². The molecule has 0 aliphatic heterocycles. The zero-order chi connectivity index (χ0) is 14.7. The molecule has 0 saturated heterocycles. The maximum Gasteiger partial charge on any atom is 0.331 e. The number of hydrogen-bond donors (Lipinski definition) is 2. The number of benzene rings is 1. The van der Waals surface area contributed by atoms with Crippen LogP contribution in [0.4, 0.5) is 0 Å². The van der Waals surface area contributed by atoms with Crippen molar-refractivity contribution in [3.8, 4) is 0 Å². The average molecular weight is 287 g/mol. The van der Waals surface area contributed by atoms with Crippen molar-refractivity contribution in [3.63, 3.8) is 0 Å². The third kappa shape index (κ3) is 4.62. The van der Waals surface area contributed by atoms with Crippen molar-refractivity contribution in [1.29, 1.82) is 0 Å². The quantitative estimate of drug-likeness (QED) is 0.796. The molecule has 0 aliphatic rings. The van der Waals surface area contributed by atoms with Crippen LogP contribution in [0.2, 0.25) is 0 Å². The van der Waals surface area contributed by atoms with Crippen LogP contribution in [-0.2, 0) is 25.1 Å². The Labute approximate surface area is 112 Å². The van der Waals surface area contributed by atoms with E-state index < -0.39 is 22.6 Å². The Hall–Kier alpha value is -1.44. The summed E-state index contributed by atoms with van der Waals surface area (Å²) in [6, 6.07) is 6.33. The predicted octanol–water partition coefficient (Wildman–Crippen LogP) is 1.28. The number of nitrogens with one attached hydrogen (secondary N) is 1. The van der Waals surface area contributed by atoms with E-state index in [0.717, 1.165) is 5.56 Å². The van der Waals surface area contributed by atoms with Crippen molar-refractivity contribution >= 4 is 16.0 Å². The second-order valence-corrected chi connectivity index (χ2v) is 6.69. The Morgan fingerprint density at radius 1 is 1.26 bits per heavy atom. The number of aliphatic carboxylic acids is 1. The molecular formula is C12H17NO5S. The van der Waals surface area contributed by atoms with Crippen LogP contribution < -0.4 is 4.89 Å². The van der Waals surface area contributed by atoms with Crippen molar-refractivity contribution in [2.24, 2.45) is 0 Å². The van der Waals surface area contributed by atoms with Gasteiger partial charge < -0.3 is 5.11 Å². The van der Waals surface area contributed by atoms with E-state index in [1.807, 2.05) is 20.8 Å². The minimum absolute atomic E-state index is 0.0193. The normalized spacial score (nSPS) is 12.4. The molecule has 0 radical (unpaired) electrons. The van der Waals surface area contributed by atoms with E-state index in [9.17, 15) is 13.2 Å². The lowest BCUT2D eigenvalue weighted by molar-refractivity contribution is -0.143. The summed E-state index contributed by atoms with van der Waals surface area (Å²) in [4.78, 5) is 16.4. The van der Waals surface area contributed by atoms with Crippen LogP contribution in [0, 0.1) is 0 Å². The van der Waals surface area contributed by atoms with E-state index in [4.69, 9.17) is 5.11 Å². The highest BCUT2D eigenvalue weighted by molar-refractivity contribution is 7.89. The average Bonchev–Trinajstić information content (AvgIpc) is 2.27. The molecule has 0 spiro atoms. The first-order valence-corrected chi connectivity index (χ1v) is 7.07. The van der Waals surface area contributed by atoms with Gasteiger partial charge in [0.2, 0.25) is 0 Å². The molecule has 1 rings (SSSR count). The van der Waals surface area contributed by atoms with Gasteiger partial charge in [-0.15, -0.1) is 0 Å². The monoisotopic (exact) mass is 287 g/mol. The van der Waals surface area contributed by atoms with Gasteiger partial charge in [-0.2, -0.15) is 0 Å². The van der Waals surface area contributed by atoms with E-state index in [-0.39, 0.29) is 10.3 Å². The molecule has 1 aromatic carbocycles. The van der Waals surface area contributed by atoms with E-state index in [0.29, 0.717) is 0 Å². The van der Waals surface area contributed by atoms with Gasteiger partial charge in [0.15, 0.2) is 6.61 Å². The SMILES string of the molecule is CC(C)(C)c1ccc(S(=O)(=O)NOCC(=O)O)cc1. The molecule has 0 bridgehead atoms. The first kappa shape index (κ1) is 15.6. The number of rotatable bonds is 5. The number of carboxylic acid groups (broad SMARTS) is 1. The number of hydrogen-bond acceptors (Lipinski definition) is 4. The number of carbonyl (C=O) groups is 1. The molecule has 0 saturated carbocycles. The van der Waals surface area contributed by atoms with Crippen LogP contribution >= 0.6 is 0 Å². The molecule has 2 N–H and O–H groups in total. The van der Waals surface area contributed by atoms with Crippen molar-refractivity contribution in [2.45, 2.75) is 31.1 Å². The van der Waals surface area contributed by atoms with Crippen LogP contribution in [0.25, 0.3) is 0 Å². The van der Waals surface area contributed by atoms with E-state index in [2.05, 4.69) is 4.84 Å². The maximum atomic E-state index is 11.7. The number of sulfonamides is 1. The fourth-order valence-electron chi connectivity index (χ4n) is 1.35. The topological polar surface area (TPSA) is 92.7 Å². The Kier molecular flexibility index (Phi) is 4.67. The van der Waals surface area contributed by atoms with Crippen LogP contribution in [0.5, 0.6) is 0 Å². The summed E-state index contributed by atoms with van der Waals surface area (Å²) < 4.78 is 23.5. The van der Waals surface area contributed by atoms with Gasteiger partial charge in [-0.3, -0.25) is 4.84 Å². The maximum absolute atomic E-state index is 11.7. The lowest BCUT2D eigenvalue weighted by Crippen LogP contribution is -2.27. The molecule has 6 nitrogen and oxygen atoms in total. The molecule has 0 aliphatic carbocycles. The van der Waals surface area contributed by atoms with Crippen LogP contribution in [0.1, 0.15) is 26.3 Å². The van der Waals surface area contributed by atoms with E-state index >= 15 is 0 Å². The zero-order valence-electron chi connectivity index (χ0n) is 11.0. The first-order valence-electron chi connectivity index (χ1n) is 5.59. The largest absolute Gasteiger partial charge is 0.479 e. The minimum atomic E-state index is -3.85. The third-order valence-electron chi connectivity index (χ3n) is 2.39. The van der Waals surface area contributed by atoms with Gasteiger partial charge in [-0.1, -0.05) is 37.8 Å². The summed E-state index contributed by atoms with van der Waals surface area (Å²) >= 11 is 0. The summed E-state index contributed by atoms with van der Waals surface area (Å²) in [5.41, 5.74) is 0.924. The van der Waals surface area contributed by atoms with Crippen molar-refractivity contribution in [2.75, 3.05) is 6.61 Å². The molecule has 0 fully saturated rings. The second-order valence-electron chi connectivity index (χ2n) is 5.04. The summed E-state index contributed by atoms with van der Waals surface area (Å²) in [6.45, 7) is 5.32. The van der Waals surface area contributed by atoms with Gasteiger partial charge in [0.05, 0.1) is 4.90 Å². The highest BCUT2D eigenvalue weighted by Crippen LogP contribution is 2.23. The van der Waals surface area contributed by atoms with Crippen molar-refractivity contribution in [3.05, 3.63) is 29.8 Å². The highest BCUT2D eigenvalue weighted by Gasteiger charge is 2.17. The lowest BCUT2D eigenvalue weighted by Gasteiger charge is -2.19. The van der Waals surface area contributed by atoms with Gasteiger partial charge in [0, 0.05) is 0 Å². The van der Waals surface area contributed by atoms with Crippen molar-refractivity contribution < 1.29 is 23.2 Å². The van der Waals surface area contributed by atoms with Gasteiger partial charge >= 0.3 is 5.97 Å². The molecule has 19 heavy (non-hydrogen) atoms. The summed E-state index contributed by atoms with van der Waals surface area (Å²) in [6.07, 6.45) is 0. The number of carboxylic acids is 1. The Morgan fingerprint density at radius 2 is 1.79 bits per heavy atom. The minimum Gasteiger partial charge on any atom is -0.479 e. The molecular weight excluding hydrogens is 270 g/mol. The second kappa shape index (κ2) is 5.68. The van der Waals surface area contributed by atoms with Gasteiger partial charge in [0.1, 0.15) is 0 Å². The molecule has 0 unspecified atom stereocenters. The first-order chi connectivity index (χ1) is 8.63. The van der Waals surface area contributed by atoms with Crippen LogP contribution in [0.3, 0.4) is 0 Å².